The summed E-state index contributed by atoms with van der Waals surface area (Å²) in [6.45, 7) is 6.31. The minimum absolute atomic E-state index is 0.0638. The van der Waals surface area contributed by atoms with Crippen LogP contribution in [0.5, 0.6) is 0 Å². The van der Waals surface area contributed by atoms with Crippen LogP contribution in [0.3, 0.4) is 0 Å². The van der Waals surface area contributed by atoms with E-state index in [-0.39, 0.29) is 10.0 Å². The highest BCUT2D eigenvalue weighted by Crippen LogP contribution is 2.30. The van der Waals surface area contributed by atoms with Crippen LogP contribution in [-0.4, -0.2) is 33.8 Å². The molecule has 0 aromatic carbocycles. The van der Waals surface area contributed by atoms with E-state index in [1.807, 2.05) is 14.1 Å². The second-order valence-corrected chi connectivity index (χ2v) is 6.43. The molecule has 0 spiro atoms. The van der Waals surface area contributed by atoms with E-state index in [0.717, 1.165) is 0 Å². The Hall–Kier alpha value is -0.550. The molecule has 0 atom stereocenters. The van der Waals surface area contributed by atoms with Crippen molar-refractivity contribution in [2.45, 2.75) is 30.7 Å². The van der Waals surface area contributed by atoms with Gasteiger partial charge < -0.3 is 4.90 Å². The van der Waals surface area contributed by atoms with Crippen LogP contribution in [0.25, 0.3) is 0 Å². The maximum absolute atomic E-state index is 5.82. The van der Waals surface area contributed by atoms with Crippen LogP contribution in [0, 0.1) is 0 Å². The Labute approximate surface area is 99.5 Å². The molecular formula is C9H15ClN4S. The first-order valence-electron chi connectivity index (χ1n) is 4.56. The summed E-state index contributed by atoms with van der Waals surface area (Å²) >= 11 is 7.39. The summed E-state index contributed by atoms with van der Waals surface area (Å²) < 4.78 is 0.0638. The summed E-state index contributed by atoms with van der Waals surface area (Å²) in [6, 6.07) is 0. The SMILES string of the molecule is CN(C)c1nc(Cl)nc(SC(C)(C)C)n1. The van der Waals surface area contributed by atoms with Gasteiger partial charge in [-0.25, -0.2) is 0 Å². The quantitative estimate of drug-likeness (QED) is 0.750. The third-order valence-corrected chi connectivity index (χ3v) is 2.52. The molecule has 0 saturated heterocycles. The highest BCUT2D eigenvalue weighted by molar-refractivity contribution is 8.00. The van der Waals surface area contributed by atoms with Gasteiger partial charge in [-0.2, -0.15) is 15.0 Å². The van der Waals surface area contributed by atoms with Crippen molar-refractivity contribution < 1.29 is 0 Å². The lowest BCUT2D eigenvalue weighted by molar-refractivity contribution is 0.784. The number of rotatable bonds is 2. The van der Waals surface area contributed by atoms with Crippen LogP contribution in [0.4, 0.5) is 5.95 Å². The number of nitrogens with zero attached hydrogens (tertiary/aromatic N) is 4. The number of hydrogen-bond donors (Lipinski definition) is 0. The molecule has 0 unspecified atom stereocenters. The fourth-order valence-corrected chi connectivity index (χ4v) is 1.85. The van der Waals surface area contributed by atoms with Crippen molar-refractivity contribution in [3.8, 4) is 0 Å². The molecule has 0 aliphatic carbocycles. The Morgan fingerprint density at radius 1 is 1.13 bits per heavy atom. The largest absolute Gasteiger partial charge is 0.347 e. The van der Waals surface area contributed by atoms with Crippen molar-refractivity contribution >= 4 is 29.3 Å². The van der Waals surface area contributed by atoms with Crippen LogP contribution in [0.15, 0.2) is 5.16 Å². The number of thioether (sulfide) groups is 1. The van der Waals surface area contributed by atoms with Gasteiger partial charge >= 0.3 is 0 Å². The van der Waals surface area contributed by atoms with E-state index in [2.05, 4.69) is 35.7 Å². The summed E-state index contributed by atoms with van der Waals surface area (Å²) in [7, 11) is 3.74. The topological polar surface area (TPSA) is 41.9 Å². The predicted molar refractivity (Wildman–Crippen MR) is 64.8 cm³/mol. The fraction of sp³-hybridized carbons (Fsp3) is 0.667. The Morgan fingerprint density at radius 2 is 1.73 bits per heavy atom. The van der Waals surface area contributed by atoms with Gasteiger partial charge in [0, 0.05) is 18.8 Å². The monoisotopic (exact) mass is 246 g/mol. The standard InChI is InChI=1S/C9H15ClN4S/c1-9(2,3)15-8-12-6(10)11-7(13-8)14(4)5/h1-5H3. The lowest BCUT2D eigenvalue weighted by atomic mass is 10.3. The van der Waals surface area contributed by atoms with Crippen LogP contribution in [-0.2, 0) is 0 Å². The van der Waals surface area contributed by atoms with Gasteiger partial charge in [-0.1, -0.05) is 32.5 Å². The predicted octanol–water partition coefficient (Wildman–Crippen LogP) is 2.48. The van der Waals surface area contributed by atoms with Crippen LogP contribution >= 0.6 is 23.4 Å². The highest BCUT2D eigenvalue weighted by Gasteiger charge is 2.16. The van der Waals surface area contributed by atoms with Gasteiger partial charge in [0.1, 0.15) is 0 Å². The summed E-state index contributed by atoms with van der Waals surface area (Å²) in [6.07, 6.45) is 0. The number of hydrogen-bond acceptors (Lipinski definition) is 5. The zero-order chi connectivity index (χ0) is 11.6. The van der Waals surface area contributed by atoms with Gasteiger partial charge in [0.2, 0.25) is 11.2 Å². The molecule has 84 valence electrons. The first kappa shape index (κ1) is 12.5. The van der Waals surface area contributed by atoms with Gasteiger partial charge in [0.25, 0.3) is 0 Å². The molecule has 1 aromatic rings. The maximum Gasteiger partial charge on any atom is 0.230 e. The third kappa shape index (κ3) is 4.22. The van der Waals surface area contributed by atoms with Crippen molar-refractivity contribution in [1.82, 2.24) is 15.0 Å². The minimum Gasteiger partial charge on any atom is -0.347 e. The summed E-state index contributed by atoms with van der Waals surface area (Å²) in [4.78, 5) is 14.2. The molecule has 0 radical (unpaired) electrons. The molecule has 0 fully saturated rings. The van der Waals surface area contributed by atoms with Crippen molar-refractivity contribution in [3.05, 3.63) is 5.28 Å². The summed E-state index contributed by atoms with van der Waals surface area (Å²) in [5.41, 5.74) is 0. The van der Waals surface area contributed by atoms with E-state index in [9.17, 15) is 0 Å². The molecule has 0 N–H and O–H groups in total. The van der Waals surface area contributed by atoms with Crippen molar-refractivity contribution in [3.63, 3.8) is 0 Å². The maximum atomic E-state index is 5.82. The Kier molecular flexibility index (Phi) is 3.78. The molecule has 1 heterocycles. The van der Waals surface area contributed by atoms with Crippen molar-refractivity contribution in [1.29, 1.82) is 0 Å². The highest BCUT2D eigenvalue weighted by atomic mass is 35.5. The van der Waals surface area contributed by atoms with Gasteiger partial charge in [-0.05, 0) is 11.6 Å². The van der Waals surface area contributed by atoms with E-state index < -0.39 is 0 Å². The molecule has 1 rings (SSSR count). The lowest BCUT2D eigenvalue weighted by Gasteiger charge is -2.17. The summed E-state index contributed by atoms with van der Waals surface area (Å²) in [5.74, 6) is 0.585. The summed E-state index contributed by atoms with van der Waals surface area (Å²) in [5, 5.41) is 0.895. The molecule has 15 heavy (non-hydrogen) atoms. The van der Waals surface area contributed by atoms with Crippen LogP contribution < -0.4 is 4.90 Å². The first-order valence-corrected chi connectivity index (χ1v) is 5.75. The van der Waals surface area contributed by atoms with Gasteiger partial charge in [-0.15, -0.1) is 0 Å². The van der Waals surface area contributed by atoms with E-state index in [0.29, 0.717) is 11.1 Å². The molecule has 1 aromatic heterocycles. The molecule has 4 nitrogen and oxygen atoms in total. The third-order valence-electron chi connectivity index (χ3n) is 1.37. The van der Waals surface area contributed by atoms with Gasteiger partial charge in [0.15, 0.2) is 5.16 Å². The van der Waals surface area contributed by atoms with Gasteiger partial charge in [-0.3, -0.25) is 0 Å². The molecule has 0 bridgehead atoms. The molecule has 0 aliphatic heterocycles. The van der Waals surface area contributed by atoms with Crippen LogP contribution in [0.1, 0.15) is 20.8 Å². The van der Waals surface area contributed by atoms with Crippen molar-refractivity contribution in [2.75, 3.05) is 19.0 Å². The zero-order valence-corrected chi connectivity index (χ0v) is 11.1. The lowest BCUT2D eigenvalue weighted by Crippen LogP contribution is -2.15. The second-order valence-electron chi connectivity index (χ2n) is 4.30. The smallest absolute Gasteiger partial charge is 0.230 e. The minimum atomic E-state index is 0.0638. The Balaban J connectivity index is 2.99. The van der Waals surface area contributed by atoms with Gasteiger partial charge in [0.05, 0.1) is 0 Å². The van der Waals surface area contributed by atoms with E-state index in [1.54, 1.807) is 16.7 Å². The van der Waals surface area contributed by atoms with Crippen molar-refractivity contribution in [2.24, 2.45) is 0 Å². The van der Waals surface area contributed by atoms with E-state index in [4.69, 9.17) is 11.6 Å². The number of aromatic nitrogens is 3. The molecular weight excluding hydrogens is 232 g/mol. The first-order chi connectivity index (χ1) is 6.78. The second kappa shape index (κ2) is 4.53. The average molecular weight is 247 g/mol. The van der Waals surface area contributed by atoms with E-state index in [1.165, 1.54) is 0 Å². The molecule has 6 heteroatoms. The Morgan fingerprint density at radius 3 is 2.20 bits per heavy atom. The van der Waals surface area contributed by atoms with Crippen LogP contribution in [0.2, 0.25) is 5.28 Å². The van der Waals surface area contributed by atoms with E-state index >= 15 is 0 Å². The average Bonchev–Trinajstić information content (AvgIpc) is 1.99. The fourth-order valence-electron chi connectivity index (χ4n) is 0.841. The number of anilines is 1. The molecule has 0 aliphatic rings. The molecule has 0 amide bonds. The zero-order valence-electron chi connectivity index (χ0n) is 9.58. The normalized spacial score (nSPS) is 11.6. The number of halogens is 1. The molecule has 0 saturated carbocycles. The Bertz CT molecular complexity index is 348.